The zero-order chi connectivity index (χ0) is 12.4. The lowest BCUT2D eigenvalue weighted by Gasteiger charge is -2.27. The predicted molar refractivity (Wildman–Crippen MR) is 60.8 cm³/mol. The fraction of sp³-hybridized carbons (Fsp3) is 0.889. The van der Waals surface area contributed by atoms with Crippen molar-refractivity contribution in [2.75, 3.05) is 26.4 Å². The minimum absolute atomic E-state index is 0.292. The van der Waals surface area contributed by atoms with Crippen LogP contribution in [0.15, 0.2) is 0 Å². The second-order valence-electron chi connectivity index (χ2n) is 2.70. The van der Waals surface area contributed by atoms with Crippen molar-refractivity contribution in [3.05, 3.63) is 0 Å². The Hall–Kier alpha value is -0.633. The standard InChI is InChI=1S/C9H21NO5Si/c1-5-12-9(11)10-16(13-6-2,14-7-3)15-8-4/h5-8H2,1-4H3,(H,10,11). The van der Waals surface area contributed by atoms with Gasteiger partial charge in [0.05, 0.1) is 6.61 Å². The molecule has 0 fully saturated rings. The summed E-state index contributed by atoms with van der Waals surface area (Å²) in [5.74, 6) is 0. The van der Waals surface area contributed by atoms with E-state index in [9.17, 15) is 4.79 Å². The van der Waals surface area contributed by atoms with Crippen LogP contribution in [0.25, 0.3) is 0 Å². The van der Waals surface area contributed by atoms with Gasteiger partial charge in [0.25, 0.3) is 0 Å². The molecule has 0 saturated heterocycles. The van der Waals surface area contributed by atoms with Crippen molar-refractivity contribution in [1.29, 1.82) is 0 Å². The largest absolute Gasteiger partial charge is 0.636 e. The van der Waals surface area contributed by atoms with Crippen LogP contribution in [0.3, 0.4) is 0 Å². The molecule has 1 amide bonds. The van der Waals surface area contributed by atoms with Crippen LogP contribution >= 0.6 is 0 Å². The zero-order valence-corrected chi connectivity index (χ0v) is 11.4. The average molecular weight is 251 g/mol. The third kappa shape index (κ3) is 5.45. The molecule has 0 unspecified atom stereocenters. The van der Waals surface area contributed by atoms with Gasteiger partial charge in [-0.15, -0.1) is 0 Å². The second-order valence-corrected chi connectivity index (χ2v) is 4.93. The van der Waals surface area contributed by atoms with Crippen LogP contribution in [0, 0.1) is 0 Å². The highest BCUT2D eigenvalue weighted by Gasteiger charge is 2.44. The molecule has 0 spiro atoms. The number of ether oxygens (including phenoxy) is 1. The van der Waals surface area contributed by atoms with Gasteiger partial charge in [-0.2, -0.15) is 0 Å². The smallest absolute Gasteiger partial charge is 0.450 e. The summed E-state index contributed by atoms with van der Waals surface area (Å²) in [7, 11) is -3.12. The lowest BCUT2D eigenvalue weighted by molar-refractivity contribution is 0.0569. The maximum atomic E-state index is 11.3. The molecule has 0 saturated carbocycles. The Kier molecular flexibility index (Phi) is 8.17. The fourth-order valence-corrected chi connectivity index (χ4v) is 3.02. The Morgan fingerprint density at radius 3 is 1.69 bits per heavy atom. The van der Waals surface area contributed by atoms with Crippen molar-refractivity contribution in [2.45, 2.75) is 27.7 Å². The Bertz CT molecular complexity index is 185. The van der Waals surface area contributed by atoms with E-state index in [4.69, 9.17) is 18.0 Å². The van der Waals surface area contributed by atoms with Crippen LogP contribution in [-0.4, -0.2) is 41.5 Å². The van der Waals surface area contributed by atoms with Crippen LogP contribution in [0.4, 0.5) is 4.79 Å². The first-order valence-electron chi connectivity index (χ1n) is 5.50. The molecule has 0 aromatic heterocycles. The van der Waals surface area contributed by atoms with Gasteiger partial charge in [-0.05, 0) is 27.7 Å². The first-order chi connectivity index (χ1) is 7.64. The summed E-state index contributed by atoms with van der Waals surface area (Å²) in [5, 5.41) is 0. The molecule has 1 N–H and O–H groups in total. The summed E-state index contributed by atoms with van der Waals surface area (Å²) in [6.07, 6.45) is -0.579. The molecule has 0 rings (SSSR count). The highest BCUT2D eigenvalue weighted by atomic mass is 28.4. The van der Waals surface area contributed by atoms with Gasteiger partial charge in [-0.3, -0.25) is 4.98 Å². The van der Waals surface area contributed by atoms with Crippen LogP contribution in [0.5, 0.6) is 0 Å². The summed E-state index contributed by atoms with van der Waals surface area (Å²) < 4.78 is 21.0. The van der Waals surface area contributed by atoms with Crippen LogP contribution in [0.2, 0.25) is 0 Å². The maximum absolute atomic E-state index is 11.3. The van der Waals surface area contributed by atoms with Gasteiger partial charge in [0.15, 0.2) is 0 Å². The molecule has 6 nitrogen and oxygen atoms in total. The number of rotatable bonds is 8. The molecule has 0 heterocycles. The topological polar surface area (TPSA) is 66.0 Å². The SMILES string of the molecule is CCOC(=O)N[Si](OCC)(OCC)OCC. The molecule has 0 atom stereocenters. The van der Waals surface area contributed by atoms with Gasteiger partial charge in [0.2, 0.25) is 0 Å². The van der Waals surface area contributed by atoms with Gasteiger partial charge in [0, 0.05) is 19.8 Å². The Morgan fingerprint density at radius 2 is 1.38 bits per heavy atom. The lowest BCUT2D eigenvalue weighted by Crippen LogP contribution is -2.61. The molecular weight excluding hydrogens is 230 g/mol. The highest BCUT2D eigenvalue weighted by molar-refractivity contribution is 6.60. The number of amides is 1. The van der Waals surface area contributed by atoms with E-state index in [0.717, 1.165) is 0 Å². The molecule has 0 aliphatic carbocycles. The van der Waals surface area contributed by atoms with Gasteiger partial charge < -0.3 is 18.0 Å². The van der Waals surface area contributed by atoms with E-state index in [1.807, 2.05) is 20.8 Å². The minimum Gasteiger partial charge on any atom is -0.450 e. The summed E-state index contributed by atoms with van der Waals surface area (Å²) >= 11 is 0. The Balaban J connectivity index is 4.51. The highest BCUT2D eigenvalue weighted by Crippen LogP contribution is 2.06. The first kappa shape index (κ1) is 15.4. The summed E-state index contributed by atoms with van der Waals surface area (Å²) in [4.78, 5) is 13.9. The molecule has 0 aliphatic heterocycles. The van der Waals surface area contributed by atoms with Crippen molar-refractivity contribution >= 4 is 15.1 Å². The van der Waals surface area contributed by atoms with Gasteiger partial charge in [0.1, 0.15) is 0 Å². The van der Waals surface area contributed by atoms with Gasteiger partial charge >= 0.3 is 15.1 Å². The van der Waals surface area contributed by atoms with E-state index in [0.29, 0.717) is 26.4 Å². The molecule has 0 aromatic rings. The van der Waals surface area contributed by atoms with Crippen molar-refractivity contribution in [3.8, 4) is 0 Å². The molecular formula is C9H21NO5Si. The van der Waals surface area contributed by atoms with E-state index < -0.39 is 15.1 Å². The number of carbonyl (C=O) groups is 1. The molecule has 0 aliphatic rings. The van der Waals surface area contributed by atoms with Crippen LogP contribution < -0.4 is 4.98 Å². The average Bonchev–Trinajstić information content (AvgIpc) is 2.18. The van der Waals surface area contributed by atoms with Crippen LogP contribution in [-0.2, 0) is 18.0 Å². The first-order valence-corrected chi connectivity index (χ1v) is 7.23. The summed E-state index contributed by atoms with van der Waals surface area (Å²) in [6, 6.07) is 0. The number of nitrogens with one attached hydrogen (secondary N) is 1. The van der Waals surface area contributed by atoms with E-state index in [1.54, 1.807) is 6.92 Å². The van der Waals surface area contributed by atoms with Crippen molar-refractivity contribution < 1.29 is 22.8 Å². The van der Waals surface area contributed by atoms with Crippen molar-refractivity contribution in [3.63, 3.8) is 0 Å². The third-order valence-corrected chi connectivity index (χ3v) is 4.05. The van der Waals surface area contributed by atoms with Gasteiger partial charge in [-0.1, -0.05) is 0 Å². The second kappa shape index (κ2) is 8.51. The number of hydrogen-bond acceptors (Lipinski definition) is 5. The third-order valence-electron chi connectivity index (χ3n) is 1.53. The van der Waals surface area contributed by atoms with E-state index in [-0.39, 0.29) is 0 Å². The molecule has 16 heavy (non-hydrogen) atoms. The Morgan fingerprint density at radius 1 is 0.938 bits per heavy atom. The van der Waals surface area contributed by atoms with Crippen molar-refractivity contribution in [1.82, 2.24) is 4.98 Å². The van der Waals surface area contributed by atoms with E-state index in [2.05, 4.69) is 4.98 Å². The van der Waals surface area contributed by atoms with Crippen molar-refractivity contribution in [2.24, 2.45) is 0 Å². The number of hydrogen-bond donors (Lipinski definition) is 1. The van der Waals surface area contributed by atoms with Gasteiger partial charge in [-0.25, -0.2) is 4.79 Å². The summed E-state index contributed by atoms with van der Waals surface area (Å²) in [5.41, 5.74) is 0. The molecule has 0 aromatic carbocycles. The predicted octanol–water partition coefficient (Wildman–Crippen LogP) is 1.28. The zero-order valence-electron chi connectivity index (χ0n) is 10.4. The summed E-state index contributed by atoms with van der Waals surface area (Å²) in [6.45, 7) is 8.66. The normalized spacial score (nSPS) is 11.2. The van der Waals surface area contributed by atoms with Crippen LogP contribution in [0.1, 0.15) is 27.7 Å². The van der Waals surface area contributed by atoms with E-state index >= 15 is 0 Å². The maximum Gasteiger partial charge on any atom is 0.636 e. The quantitative estimate of drug-likeness (QED) is 0.658. The molecule has 7 heteroatoms. The molecule has 0 bridgehead atoms. The monoisotopic (exact) mass is 251 g/mol. The minimum atomic E-state index is -3.12. The van der Waals surface area contributed by atoms with E-state index in [1.165, 1.54) is 0 Å². The number of carbonyl (C=O) groups excluding carboxylic acids is 1. The lowest BCUT2D eigenvalue weighted by atomic mass is 10.9. The molecule has 0 radical (unpaired) electrons. The Labute approximate surface area is 97.7 Å². The fourth-order valence-electron chi connectivity index (χ4n) is 1.10. The molecule has 96 valence electrons.